The largest absolute Gasteiger partial charge is 0.392 e. The summed E-state index contributed by atoms with van der Waals surface area (Å²) < 4.78 is 13.0. The van der Waals surface area contributed by atoms with Crippen LogP contribution in [0.5, 0.6) is 0 Å². The molecule has 2 N–H and O–H groups in total. The summed E-state index contributed by atoms with van der Waals surface area (Å²) in [5.41, 5.74) is 3.93. The standard InChI is InChI=1S/C31H32N2O6/c1-19-27(17-32-15-14-24(35)16-32)38-31(39-28(19)21-8-6-20(18-34)7-9-21)22-10-12-23(13-11-22)33-29(36)25-4-2-3-5-26(25)30(33)37/h2-13,19,24,27-28,31,34-35H,14-18H2,1H3/t19-,24+,27+,28+,31+/m1/s1. The van der Waals surface area contributed by atoms with Crippen molar-refractivity contribution in [2.75, 3.05) is 24.5 Å². The number of rotatable bonds is 6. The summed E-state index contributed by atoms with van der Waals surface area (Å²) in [6.45, 7) is 4.22. The molecule has 0 radical (unpaired) electrons. The van der Waals surface area contributed by atoms with Crippen LogP contribution >= 0.6 is 0 Å². The topological polar surface area (TPSA) is 99.5 Å². The number of nitrogens with zero attached hydrogens (tertiary/aromatic N) is 2. The van der Waals surface area contributed by atoms with Crippen molar-refractivity contribution in [3.63, 3.8) is 0 Å². The highest BCUT2D eigenvalue weighted by Crippen LogP contribution is 2.42. The summed E-state index contributed by atoms with van der Waals surface area (Å²) in [6, 6.07) is 21.8. The van der Waals surface area contributed by atoms with E-state index in [2.05, 4.69) is 11.8 Å². The highest BCUT2D eigenvalue weighted by molar-refractivity contribution is 6.34. The van der Waals surface area contributed by atoms with Gasteiger partial charge in [-0.2, -0.15) is 0 Å². The van der Waals surface area contributed by atoms with E-state index in [1.54, 1.807) is 36.4 Å². The first-order valence-electron chi connectivity index (χ1n) is 13.4. The normalized spacial score (nSPS) is 27.3. The third-order valence-electron chi connectivity index (χ3n) is 8.03. The second-order valence-electron chi connectivity index (χ2n) is 10.6. The van der Waals surface area contributed by atoms with Crippen LogP contribution in [-0.2, 0) is 16.1 Å². The zero-order valence-corrected chi connectivity index (χ0v) is 21.8. The molecule has 3 aromatic carbocycles. The number of likely N-dealkylation sites (tertiary alicyclic amines) is 1. The fourth-order valence-corrected chi connectivity index (χ4v) is 5.76. The van der Waals surface area contributed by atoms with Crippen molar-refractivity contribution in [3.8, 4) is 0 Å². The molecule has 3 aliphatic rings. The lowest BCUT2D eigenvalue weighted by atomic mass is 9.90. The van der Waals surface area contributed by atoms with Crippen molar-refractivity contribution >= 4 is 17.5 Å². The third-order valence-corrected chi connectivity index (χ3v) is 8.03. The Kier molecular flexibility index (Phi) is 7.05. The fraction of sp³-hybridized carbons (Fsp3) is 0.355. The maximum atomic E-state index is 12.9. The Morgan fingerprint density at radius 3 is 2.10 bits per heavy atom. The number of imide groups is 1. The number of aliphatic hydroxyl groups is 2. The molecule has 0 saturated carbocycles. The van der Waals surface area contributed by atoms with Crippen molar-refractivity contribution in [1.29, 1.82) is 0 Å². The highest BCUT2D eigenvalue weighted by atomic mass is 16.7. The monoisotopic (exact) mass is 528 g/mol. The predicted molar refractivity (Wildman–Crippen MR) is 144 cm³/mol. The van der Waals surface area contributed by atoms with Gasteiger partial charge in [0.2, 0.25) is 0 Å². The average molecular weight is 529 g/mol. The van der Waals surface area contributed by atoms with Crippen LogP contribution in [0.4, 0.5) is 5.69 Å². The second kappa shape index (κ2) is 10.6. The summed E-state index contributed by atoms with van der Waals surface area (Å²) in [5.74, 6) is -0.625. The zero-order valence-electron chi connectivity index (χ0n) is 21.8. The first-order chi connectivity index (χ1) is 18.9. The zero-order chi connectivity index (χ0) is 27.1. The number of benzene rings is 3. The van der Waals surface area contributed by atoms with Crippen molar-refractivity contribution in [2.24, 2.45) is 5.92 Å². The van der Waals surface area contributed by atoms with E-state index in [-0.39, 0.29) is 42.7 Å². The van der Waals surface area contributed by atoms with Crippen LogP contribution < -0.4 is 4.90 Å². The van der Waals surface area contributed by atoms with E-state index in [1.807, 2.05) is 36.4 Å². The quantitative estimate of drug-likeness (QED) is 0.469. The minimum Gasteiger partial charge on any atom is -0.392 e. The number of aliphatic hydroxyl groups excluding tert-OH is 2. The Morgan fingerprint density at radius 1 is 0.872 bits per heavy atom. The Labute approximate surface area is 227 Å². The van der Waals surface area contributed by atoms with E-state index < -0.39 is 6.29 Å². The Balaban J connectivity index is 1.26. The van der Waals surface area contributed by atoms with Crippen LogP contribution in [0, 0.1) is 5.92 Å². The van der Waals surface area contributed by atoms with E-state index in [4.69, 9.17) is 9.47 Å². The molecule has 3 heterocycles. The molecule has 0 aliphatic carbocycles. The van der Waals surface area contributed by atoms with Gasteiger partial charge in [0.05, 0.1) is 41.7 Å². The first-order valence-corrected chi connectivity index (χ1v) is 13.4. The number of hydrogen-bond acceptors (Lipinski definition) is 7. The van der Waals surface area contributed by atoms with Gasteiger partial charge in [0, 0.05) is 31.1 Å². The van der Waals surface area contributed by atoms with E-state index >= 15 is 0 Å². The summed E-state index contributed by atoms with van der Waals surface area (Å²) in [7, 11) is 0. The molecule has 2 fully saturated rings. The minimum atomic E-state index is -0.655. The van der Waals surface area contributed by atoms with Crippen LogP contribution in [0.2, 0.25) is 0 Å². The van der Waals surface area contributed by atoms with Crippen LogP contribution in [0.25, 0.3) is 0 Å². The smallest absolute Gasteiger partial charge is 0.266 e. The Bertz CT molecular complexity index is 1320. The molecule has 2 amide bonds. The molecule has 8 nitrogen and oxygen atoms in total. The maximum Gasteiger partial charge on any atom is 0.266 e. The average Bonchev–Trinajstić information content (AvgIpc) is 3.49. The van der Waals surface area contributed by atoms with Gasteiger partial charge in [0.1, 0.15) is 0 Å². The van der Waals surface area contributed by atoms with Crippen LogP contribution in [0.3, 0.4) is 0 Å². The second-order valence-corrected chi connectivity index (χ2v) is 10.6. The van der Waals surface area contributed by atoms with Crippen molar-refractivity contribution in [3.05, 3.63) is 101 Å². The number of anilines is 1. The number of β-amino-alcohol motifs (C(OH)–C–C–N with tert-alkyl or cyclic N) is 1. The lowest BCUT2D eigenvalue weighted by Gasteiger charge is -2.42. The molecule has 6 rings (SSSR count). The Morgan fingerprint density at radius 2 is 1.51 bits per heavy atom. The van der Waals surface area contributed by atoms with Gasteiger partial charge in [-0.05, 0) is 41.8 Å². The number of amides is 2. The van der Waals surface area contributed by atoms with Gasteiger partial charge in [-0.15, -0.1) is 0 Å². The van der Waals surface area contributed by atoms with Crippen LogP contribution in [0.15, 0.2) is 72.8 Å². The van der Waals surface area contributed by atoms with Gasteiger partial charge in [0.25, 0.3) is 11.8 Å². The van der Waals surface area contributed by atoms with E-state index in [9.17, 15) is 19.8 Å². The minimum absolute atomic E-state index is 0.0214. The van der Waals surface area contributed by atoms with Gasteiger partial charge < -0.3 is 19.7 Å². The molecule has 0 unspecified atom stereocenters. The number of hydrogen-bond donors (Lipinski definition) is 2. The molecule has 39 heavy (non-hydrogen) atoms. The van der Waals surface area contributed by atoms with E-state index in [1.165, 1.54) is 4.90 Å². The predicted octanol–water partition coefficient (Wildman–Crippen LogP) is 3.84. The summed E-state index contributed by atoms with van der Waals surface area (Å²) in [4.78, 5) is 29.3. The Hall–Kier alpha value is -3.40. The number of carbonyl (C=O) groups excluding carboxylic acids is 2. The SMILES string of the molecule is C[C@@H]1[C@H](CN2CC[C@H](O)C2)O[C@H](c2ccc(N3C(=O)c4ccccc4C3=O)cc2)O[C@@H]1c1ccc(CO)cc1. The van der Waals surface area contributed by atoms with Gasteiger partial charge in [-0.3, -0.25) is 14.5 Å². The number of ether oxygens (including phenoxy) is 2. The molecule has 5 atom stereocenters. The molecule has 0 spiro atoms. The van der Waals surface area contributed by atoms with Gasteiger partial charge in [-0.25, -0.2) is 4.90 Å². The fourth-order valence-electron chi connectivity index (χ4n) is 5.76. The summed E-state index contributed by atoms with van der Waals surface area (Å²) >= 11 is 0. The van der Waals surface area contributed by atoms with Gasteiger partial charge in [-0.1, -0.05) is 55.5 Å². The first kappa shape index (κ1) is 25.9. The molecule has 3 aliphatic heterocycles. The van der Waals surface area contributed by atoms with Gasteiger partial charge >= 0.3 is 0 Å². The van der Waals surface area contributed by atoms with Gasteiger partial charge in [0.15, 0.2) is 6.29 Å². The van der Waals surface area contributed by atoms with E-state index in [0.29, 0.717) is 29.9 Å². The van der Waals surface area contributed by atoms with Crippen molar-refractivity contribution < 1.29 is 29.3 Å². The molecular weight excluding hydrogens is 496 g/mol. The lowest BCUT2D eigenvalue weighted by Crippen LogP contribution is -2.44. The molecular formula is C31H32N2O6. The molecule has 3 aromatic rings. The maximum absolute atomic E-state index is 12.9. The number of carbonyl (C=O) groups is 2. The van der Waals surface area contributed by atoms with Crippen LogP contribution in [0.1, 0.15) is 63.1 Å². The summed E-state index contributed by atoms with van der Waals surface area (Å²) in [5, 5.41) is 19.5. The molecule has 202 valence electrons. The van der Waals surface area contributed by atoms with Crippen molar-refractivity contribution in [2.45, 2.75) is 44.6 Å². The lowest BCUT2D eigenvalue weighted by molar-refractivity contribution is -0.276. The molecule has 0 aromatic heterocycles. The number of fused-ring (bicyclic) bond motifs is 1. The van der Waals surface area contributed by atoms with Crippen LogP contribution in [-0.4, -0.2) is 58.8 Å². The molecule has 0 bridgehead atoms. The van der Waals surface area contributed by atoms with E-state index in [0.717, 1.165) is 29.7 Å². The highest BCUT2D eigenvalue weighted by Gasteiger charge is 2.40. The third kappa shape index (κ3) is 4.90. The van der Waals surface area contributed by atoms with Crippen molar-refractivity contribution in [1.82, 2.24) is 4.90 Å². The molecule has 8 heteroatoms. The molecule has 2 saturated heterocycles. The summed E-state index contributed by atoms with van der Waals surface area (Å²) in [6.07, 6.45) is -0.603.